The van der Waals surface area contributed by atoms with Crippen LogP contribution in [0.4, 0.5) is 0 Å². The Bertz CT molecular complexity index is 497. The van der Waals surface area contributed by atoms with Crippen molar-refractivity contribution in [2.24, 2.45) is 0 Å². The molecule has 0 saturated carbocycles. The predicted octanol–water partition coefficient (Wildman–Crippen LogP) is 1.43. The zero-order chi connectivity index (χ0) is 15.1. The van der Waals surface area contributed by atoms with Crippen LogP contribution in [-0.2, 0) is 9.59 Å². The van der Waals surface area contributed by atoms with Crippen molar-refractivity contribution in [2.45, 2.75) is 12.5 Å². The number of rotatable bonds is 7. The van der Waals surface area contributed by atoms with Gasteiger partial charge in [-0.2, -0.15) is 0 Å². The molecule has 1 aromatic rings. The summed E-state index contributed by atoms with van der Waals surface area (Å²) in [6.45, 7) is -0.166. The van der Waals surface area contributed by atoms with Gasteiger partial charge in [-0.3, -0.25) is 4.79 Å². The number of amides is 1. The number of aliphatic carboxylic acids is 1. The van der Waals surface area contributed by atoms with Crippen LogP contribution in [0.2, 0.25) is 5.02 Å². The highest BCUT2D eigenvalue weighted by Gasteiger charge is 2.13. The second-order valence-corrected chi connectivity index (χ2v) is 5.15. The van der Waals surface area contributed by atoms with Gasteiger partial charge in [0.1, 0.15) is 5.75 Å². The summed E-state index contributed by atoms with van der Waals surface area (Å²) in [5, 5.41) is 20.4. The molecule has 0 saturated heterocycles. The Morgan fingerprint density at radius 3 is 2.75 bits per heavy atom. The normalized spacial score (nSPS) is 11.8. The van der Waals surface area contributed by atoms with Gasteiger partial charge in [-0.05, 0) is 34.1 Å². The first kappa shape index (κ1) is 16.7. The molecule has 1 rings (SSSR count). The molecule has 3 N–H and O–H groups in total. The monoisotopic (exact) mass is 365 g/mol. The number of carboxylic acids is 1. The molecule has 110 valence electrons. The standard InChI is InChI=1S/C12H13BrClNO5/c13-8-5-7(14)1-2-10(8)20-6-11(17)15-4-3-9(16)12(18)19/h1-2,5,9,16H,3-4,6H2,(H,15,17)(H,18,19). The van der Waals surface area contributed by atoms with Crippen LogP contribution in [0, 0.1) is 0 Å². The van der Waals surface area contributed by atoms with Crippen molar-refractivity contribution in [3.63, 3.8) is 0 Å². The second kappa shape index (κ2) is 8.08. The van der Waals surface area contributed by atoms with E-state index in [0.29, 0.717) is 15.2 Å². The highest BCUT2D eigenvalue weighted by atomic mass is 79.9. The first-order chi connectivity index (χ1) is 9.40. The van der Waals surface area contributed by atoms with E-state index in [1.807, 2.05) is 0 Å². The first-order valence-electron chi connectivity index (χ1n) is 5.65. The SMILES string of the molecule is O=C(COc1ccc(Cl)cc1Br)NCCC(O)C(=O)O. The number of nitrogens with one attached hydrogen (secondary N) is 1. The molecule has 1 unspecified atom stereocenters. The van der Waals surface area contributed by atoms with Crippen LogP contribution in [0.25, 0.3) is 0 Å². The number of carbonyl (C=O) groups excluding carboxylic acids is 1. The third-order valence-electron chi connectivity index (χ3n) is 2.28. The van der Waals surface area contributed by atoms with E-state index in [9.17, 15) is 9.59 Å². The van der Waals surface area contributed by atoms with Crippen molar-refractivity contribution in [2.75, 3.05) is 13.2 Å². The van der Waals surface area contributed by atoms with Crippen molar-refractivity contribution in [1.29, 1.82) is 0 Å². The minimum absolute atomic E-state index is 0.0530. The van der Waals surface area contributed by atoms with Crippen LogP contribution < -0.4 is 10.1 Å². The van der Waals surface area contributed by atoms with E-state index in [2.05, 4.69) is 21.2 Å². The minimum Gasteiger partial charge on any atom is -0.483 e. The van der Waals surface area contributed by atoms with Gasteiger partial charge in [0.15, 0.2) is 12.7 Å². The van der Waals surface area contributed by atoms with Gasteiger partial charge in [-0.25, -0.2) is 4.79 Å². The average Bonchev–Trinajstić information content (AvgIpc) is 2.37. The van der Waals surface area contributed by atoms with Crippen molar-refractivity contribution in [1.82, 2.24) is 5.32 Å². The zero-order valence-corrected chi connectivity index (χ0v) is 12.6. The predicted molar refractivity (Wildman–Crippen MR) is 75.9 cm³/mol. The van der Waals surface area contributed by atoms with Gasteiger partial charge in [0.05, 0.1) is 4.47 Å². The average molecular weight is 367 g/mol. The Kier molecular flexibility index (Phi) is 6.77. The van der Waals surface area contributed by atoms with Gasteiger partial charge in [0, 0.05) is 18.0 Å². The van der Waals surface area contributed by atoms with Crippen LogP contribution in [0.1, 0.15) is 6.42 Å². The van der Waals surface area contributed by atoms with E-state index >= 15 is 0 Å². The molecule has 0 spiro atoms. The van der Waals surface area contributed by atoms with Crippen LogP contribution in [0.5, 0.6) is 5.75 Å². The number of benzene rings is 1. The molecule has 0 heterocycles. The molecule has 0 bridgehead atoms. The van der Waals surface area contributed by atoms with Gasteiger partial charge < -0.3 is 20.3 Å². The van der Waals surface area contributed by atoms with Crippen LogP contribution >= 0.6 is 27.5 Å². The molecule has 0 aliphatic rings. The molecule has 6 nitrogen and oxygen atoms in total. The minimum atomic E-state index is -1.48. The van der Waals surface area contributed by atoms with Gasteiger partial charge >= 0.3 is 5.97 Å². The molecule has 1 atom stereocenters. The molecule has 0 fully saturated rings. The third kappa shape index (κ3) is 5.77. The maximum absolute atomic E-state index is 11.4. The number of carboxylic acid groups (broad SMARTS) is 1. The summed E-state index contributed by atoms with van der Waals surface area (Å²) in [5.41, 5.74) is 0. The van der Waals surface area contributed by atoms with Crippen LogP contribution in [0.3, 0.4) is 0 Å². The smallest absolute Gasteiger partial charge is 0.332 e. The summed E-state index contributed by atoms with van der Waals surface area (Å²) >= 11 is 9.01. The Balaban J connectivity index is 2.31. The lowest BCUT2D eigenvalue weighted by Gasteiger charge is -2.10. The van der Waals surface area contributed by atoms with Crippen LogP contribution in [-0.4, -0.2) is 41.3 Å². The maximum atomic E-state index is 11.4. The summed E-state index contributed by atoms with van der Waals surface area (Å²) in [6.07, 6.45) is -1.55. The number of halogens is 2. The number of aliphatic hydroxyl groups excluding tert-OH is 1. The second-order valence-electron chi connectivity index (χ2n) is 3.86. The Labute approximate surface area is 128 Å². The van der Waals surface area contributed by atoms with Crippen molar-refractivity contribution in [3.05, 3.63) is 27.7 Å². The largest absolute Gasteiger partial charge is 0.483 e. The summed E-state index contributed by atoms with van der Waals surface area (Å²) < 4.78 is 5.89. The summed E-state index contributed by atoms with van der Waals surface area (Å²) in [5.74, 6) is -1.26. The Morgan fingerprint density at radius 1 is 1.45 bits per heavy atom. The van der Waals surface area contributed by atoms with E-state index < -0.39 is 18.0 Å². The number of carbonyl (C=O) groups is 2. The topological polar surface area (TPSA) is 95.9 Å². The number of hydrogen-bond acceptors (Lipinski definition) is 4. The van der Waals surface area contributed by atoms with Gasteiger partial charge in [0.25, 0.3) is 5.91 Å². The molecule has 8 heteroatoms. The Hall–Kier alpha value is -1.31. The van der Waals surface area contributed by atoms with Crippen molar-refractivity contribution >= 4 is 39.4 Å². The zero-order valence-electron chi connectivity index (χ0n) is 10.3. The first-order valence-corrected chi connectivity index (χ1v) is 6.82. The quantitative estimate of drug-likeness (QED) is 0.678. The lowest BCUT2D eigenvalue weighted by atomic mass is 10.2. The molecular weight excluding hydrogens is 353 g/mol. The molecule has 1 amide bonds. The van der Waals surface area contributed by atoms with Crippen molar-refractivity contribution in [3.8, 4) is 5.75 Å². The third-order valence-corrected chi connectivity index (χ3v) is 3.13. The molecule has 0 aliphatic carbocycles. The van der Waals surface area contributed by atoms with Crippen molar-refractivity contribution < 1.29 is 24.5 Å². The fraction of sp³-hybridized carbons (Fsp3) is 0.333. The molecule has 0 aromatic heterocycles. The summed E-state index contributed by atoms with van der Waals surface area (Å²) in [7, 11) is 0. The van der Waals surface area contributed by atoms with Gasteiger partial charge in [-0.15, -0.1) is 0 Å². The fourth-order valence-electron chi connectivity index (χ4n) is 1.26. The molecular formula is C12H13BrClNO5. The molecule has 20 heavy (non-hydrogen) atoms. The van der Waals surface area contributed by atoms with Gasteiger partial charge in [-0.1, -0.05) is 11.6 Å². The summed E-state index contributed by atoms with van der Waals surface area (Å²) in [4.78, 5) is 21.8. The maximum Gasteiger partial charge on any atom is 0.332 e. The highest BCUT2D eigenvalue weighted by molar-refractivity contribution is 9.10. The highest BCUT2D eigenvalue weighted by Crippen LogP contribution is 2.27. The number of aliphatic hydroxyl groups is 1. The summed E-state index contributed by atoms with van der Waals surface area (Å²) in [6, 6.07) is 4.88. The molecule has 0 aliphatic heterocycles. The number of ether oxygens (including phenoxy) is 1. The van der Waals surface area contributed by atoms with E-state index in [-0.39, 0.29) is 19.6 Å². The molecule has 1 aromatic carbocycles. The number of hydrogen-bond donors (Lipinski definition) is 3. The van der Waals surface area contributed by atoms with E-state index in [0.717, 1.165) is 0 Å². The van der Waals surface area contributed by atoms with Gasteiger partial charge in [0.2, 0.25) is 0 Å². The fourth-order valence-corrected chi connectivity index (χ4v) is 2.06. The lowest BCUT2D eigenvalue weighted by molar-refractivity contribution is -0.147. The molecule has 0 radical (unpaired) electrons. The van der Waals surface area contributed by atoms with Crippen LogP contribution in [0.15, 0.2) is 22.7 Å². The van der Waals surface area contributed by atoms with E-state index in [1.165, 1.54) is 0 Å². The lowest BCUT2D eigenvalue weighted by Crippen LogP contribution is -2.33. The van der Waals surface area contributed by atoms with E-state index in [4.69, 9.17) is 26.6 Å². The van der Waals surface area contributed by atoms with E-state index in [1.54, 1.807) is 18.2 Å². The Morgan fingerprint density at radius 2 is 2.15 bits per heavy atom.